The predicted molar refractivity (Wildman–Crippen MR) is 114 cm³/mol. The maximum absolute atomic E-state index is 12.9. The molecule has 2 aliphatic rings. The molecule has 3 heterocycles. The van der Waals surface area contributed by atoms with E-state index in [4.69, 9.17) is 4.74 Å². The van der Waals surface area contributed by atoms with E-state index in [1.807, 2.05) is 31.2 Å². The molecular weight excluding hydrogens is 386 g/mol. The Morgan fingerprint density at radius 3 is 2.93 bits per heavy atom. The lowest BCUT2D eigenvalue weighted by Crippen LogP contribution is -2.20. The highest BCUT2D eigenvalue weighted by molar-refractivity contribution is 7.20. The first-order valence-electron chi connectivity index (χ1n) is 10.2. The minimum absolute atomic E-state index is 0.0257. The lowest BCUT2D eigenvalue weighted by atomic mass is 10.2. The molecule has 1 N–H and O–H groups in total. The monoisotopic (exact) mass is 409 g/mol. The van der Waals surface area contributed by atoms with Crippen LogP contribution in [-0.4, -0.2) is 21.6 Å². The van der Waals surface area contributed by atoms with E-state index in [0.29, 0.717) is 32.9 Å². The van der Waals surface area contributed by atoms with Crippen LogP contribution in [0.1, 0.15) is 53.2 Å². The van der Waals surface area contributed by atoms with Crippen molar-refractivity contribution in [3.05, 3.63) is 50.9 Å². The van der Waals surface area contributed by atoms with Gasteiger partial charge in [-0.25, -0.2) is 4.98 Å². The maximum Gasteiger partial charge on any atom is 0.266 e. The summed E-state index contributed by atoms with van der Waals surface area (Å²) in [5.41, 5.74) is 1.37. The van der Waals surface area contributed by atoms with Crippen molar-refractivity contribution < 1.29 is 9.53 Å². The van der Waals surface area contributed by atoms with Crippen LogP contribution < -0.4 is 15.6 Å². The molecule has 0 atom stereocenters. The average Bonchev–Trinajstić information content (AvgIpc) is 3.43. The summed E-state index contributed by atoms with van der Waals surface area (Å²) in [5, 5.41) is 3.53. The Morgan fingerprint density at radius 2 is 2.10 bits per heavy atom. The first-order valence-corrected chi connectivity index (χ1v) is 11.0. The first-order chi connectivity index (χ1) is 14.1. The number of benzene rings is 1. The second-order valence-electron chi connectivity index (χ2n) is 7.83. The van der Waals surface area contributed by atoms with Gasteiger partial charge in [-0.05, 0) is 56.7 Å². The van der Waals surface area contributed by atoms with E-state index in [9.17, 15) is 9.59 Å². The van der Waals surface area contributed by atoms with Crippen LogP contribution in [0.15, 0.2) is 29.1 Å². The highest BCUT2D eigenvalue weighted by atomic mass is 32.1. The number of carbonyl (C=O) groups excluding carboxylic acids is 1. The molecule has 2 aromatic heterocycles. The number of ether oxygens (including phenoxy) is 1. The summed E-state index contributed by atoms with van der Waals surface area (Å²) in [6.07, 6.45) is 6.64. The standard InChI is InChI=1S/C22H23N3O3S/c1-13-18-21(24-17-10-5-11-25(17)22(18)27)29-19(13)20(26)23-14-6-4-9-16(12-14)28-15-7-2-3-8-15/h4,6,9,12,15H,2-3,5,7-8,10-11H2,1H3,(H,23,26). The molecule has 0 spiro atoms. The van der Waals surface area contributed by atoms with E-state index in [-0.39, 0.29) is 17.6 Å². The fourth-order valence-corrected chi connectivity index (χ4v) is 5.41. The van der Waals surface area contributed by atoms with Gasteiger partial charge < -0.3 is 10.1 Å². The van der Waals surface area contributed by atoms with Crippen LogP contribution in [0.5, 0.6) is 5.75 Å². The zero-order valence-corrected chi connectivity index (χ0v) is 17.2. The van der Waals surface area contributed by atoms with Crippen molar-refractivity contribution in [2.24, 2.45) is 0 Å². The summed E-state index contributed by atoms with van der Waals surface area (Å²) in [6.45, 7) is 2.54. The summed E-state index contributed by atoms with van der Waals surface area (Å²) < 4.78 is 7.78. The number of amides is 1. The van der Waals surface area contributed by atoms with Crippen molar-refractivity contribution in [2.45, 2.75) is 58.1 Å². The van der Waals surface area contributed by atoms with Gasteiger partial charge in [0.2, 0.25) is 0 Å². The van der Waals surface area contributed by atoms with Gasteiger partial charge in [0.15, 0.2) is 0 Å². The summed E-state index contributed by atoms with van der Waals surface area (Å²) in [7, 11) is 0. The van der Waals surface area contributed by atoms with E-state index in [2.05, 4.69) is 10.3 Å². The number of carbonyl (C=O) groups is 1. The quantitative estimate of drug-likeness (QED) is 0.698. The fraction of sp³-hybridized carbons (Fsp3) is 0.409. The number of anilines is 1. The molecule has 1 aliphatic carbocycles. The largest absolute Gasteiger partial charge is 0.490 e. The molecule has 150 valence electrons. The van der Waals surface area contributed by atoms with Crippen LogP contribution in [0.4, 0.5) is 5.69 Å². The highest BCUT2D eigenvalue weighted by Gasteiger charge is 2.23. The molecule has 0 saturated heterocycles. The SMILES string of the molecule is Cc1c(C(=O)Nc2cccc(OC3CCCC3)c2)sc2nc3n(c(=O)c12)CCC3. The Bertz CT molecular complexity index is 1160. The van der Waals surface area contributed by atoms with Crippen molar-refractivity contribution in [3.8, 4) is 5.75 Å². The summed E-state index contributed by atoms with van der Waals surface area (Å²) in [5.74, 6) is 1.39. The van der Waals surface area contributed by atoms with Gasteiger partial charge in [-0.1, -0.05) is 6.07 Å². The van der Waals surface area contributed by atoms with Gasteiger partial charge in [-0.3, -0.25) is 14.2 Å². The molecule has 1 fully saturated rings. The van der Waals surface area contributed by atoms with E-state index in [1.54, 1.807) is 4.57 Å². The Hall–Kier alpha value is -2.67. The third-order valence-electron chi connectivity index (χ3n) is 5.81. The molecule has 0 unspecified atom stereocenters. The number of aryl methyl sites for hydroxylation is 2. The van der Waals surface area contributed by atoms with Crippen LogP contribution in [0, 0.1) is 6.92 Å². The number of hydrogen-bond donors (Lipinski definition) is 1. The van der Waals surface area contributed by atoms with Crippen LogP contribution in [0.3, 0.4) is 0 Å². The lowest BCUT2D eigenvalue weighted by Gasteiger charge is -2.14. The Labute approximate surface area is 172 Å². The number of hydrogen-bond acceptors (Lipinski definition) is 5. The van der Waals surface area contributed by atoms with Crippen molar-refractivity contribution >= 4 is 33.1 Å². The second kappa shape index (κ2) is 7.30. The molecule has 3 aromatic rings. The second-order valence-corrected chi connectivity index (χ2v) is 8.83. The van der Waals surface area contributed by atoms with Gasteiger partial charge in [-0.2, -0.15) is 0 Å². The van der Waals surface area contributed by atoms with Gasteiger partial charge in [0.25, 0.3) is 11.5 Å². The molecule has 1 amide bonds. The number of rotatable bonds is 4. The van der Waals surface area contributed by atoms with Crippen LogP contribution in [0.25, 0.3) is 10.2 Å². The van der Waals surface area contributed by atoms with Crippen LogP contribution in [0.2, 0.25) is 0 Å². The molecule has 29 heavy (non-hydrogen) atoms. The number of thiophene rings is 1. The average molecular weight is 410 g/mol. The molecular formula is C22H23N3O3S. The molecule has 0 radical (unpaired) electrons. The van der Waals surface area contributed by atoms with E-state index < -0.39 is 0 Å². The molecule has 1 aromatic carbocycles. The lowest BCUT2D eigenvalue weighted by molar-refractivity contribution is 0.103. The van der Waals surface area contributed by atoms with Gasteiger partial charge in [0.05, 0.1) is 16.4 Å². The van der Waals surface area contributed by atoms with Crippen LogP contribution in [-0.2, 0) is 13.0 Å². The van der Waals surface area contributed by atoms with E-state index in [0.717, 1.165) is 37.3 Å². The molecule has 1 saturated carbocycles. The number of nitrogens with zero attached hydrogens (tertiary/aromatic N) is 2. The van der Waals surface area contributed by atoms with Gasteiger partial charge in [0, 0.05) is 24.7 Å². The number of fused-ring (bicyclic) bond motifs is 2. The van der Waals surface area contributed by atoms with Crippen LogP contribution >= 0.6 is 11.3 Å². The Kier molecular flexibility index (Phi) is 4.62. The molecule has 0 bridgehead atoms. The normalized spacial score (nSPS) is 16.3. The van der Waals surface area contributed by atoms with Gasteiger partial charge in [-0.15, -0.1) is 11.3 Å². The minimum Gasteiger partial charge on any atom is -0.490 e. The van der Waals surface area contributed by atoms with Crippen molar-refractivity contribution in [1.82, 2.24) is 9.55 Å². The third kappa shape index (κ3) is 3.33. The molecule has 5 rings (SSSR count). The fourth-order valence-electron chi connectivity index (χ4n) is 4.33. The van der Waals surface area contributed by atoms with E-state index in [1.165, 1.54) is 24.2 Å². The predicted octanol–water partition coefficient (Wildman–Crippen LogP) is 4.29. The van der Waals surface area contributed by atoms with Crippen molar-refractivity contribution in [3.63, 3.8) is 0 Å². The summed E-state index contributed by atoms with van der Waals surface area (Å²) >= 11 is 1.29. The molecule has 7 heteroatoms. The zero-order chi connectivity index (χ0) is 20.0. The van der Waals surface area contributed by atoms with E-state index >= 15 is 0 Å². The Balaban J connectivity index is 1.41. The maximum atomic E-state index is 12.9. The molecule has 6 nitrogen and oxygen atoms in total. The third-order valence-corrected chi connectivity index (χ3v) is 7.00. The van der Waals surface area contributed by atoms with Gasteiger partial charge >= 0.3 is 0 Å². The highest BCUT2D eigenvalue weighted by Crippen LogP contribution is 2.30. The Morgan fingerprint density at radius 1 is 1.28 bits per heavy atom. The zero-order valence-electron chi connectivity index (χ0n) is 16.4. The first kappa shape index (κ1) is 18.4. The summed E-state index contributed by atoms with van der Waals surface area (Å²) in [6, 6.07) is 7.52. The number of aromatic nitrogens is 2. The smallest absolute Gasteiger partial charge is 0.266 e. The summed E-state index contributed by atoms with van der Waals surface area (Å²) in [4.78, 5) is 31.6. The molecule has 1 aliphatic heterocycles. The van der Waals surface area contributed by atoms with Gasteiger partial charge in [0.1, 0.15) is 16.4 Å². The number of nitrogens with one attached hydrogen (secondary N) is 1. The topological polar surface area (TPSA) is 73.2 Å². The minimum atomic E-state index is -0.215. The van der Waals surface area contributed by atoms with Crippen molar-refractivity contribution in [2.75, 3.05) is 5.32 Å². The van der Waals surface area contributed by atoms with Crippen molar-refractivity contribution in [1.29, 1.82) is 0 Å².